The summed E-state index contributed by atoms with van der Waals surface area (Å²) < 4.78 is 37.0. The molecule has 7 nitrogen and oxygen atoms in total. The van der Waals surface area contributed by atoms with E-state index in [1.54, 1.807) is 0 Å². The number of aliphatic hydroxyl groups is 1. The fourth-order valence-corrected chi connectivity index (χ4v) is 3.08. The van der Waals surface area contributed by atoms with Crippen molar-refractivity contribution in [3.8, 4) is 11.5 Å². The van der Waals surface area contributed by atoms with Gasteiger partial charge in [0, 0.05) is 12.6 Å². The minimum absolute atomic E-state index is 0.0642. The molecule has 0 amide bonds. The van der Waals surface area contributed by atoms with Gasteiger partial charge in [0.1, 0.15) is 16.4 Å². The minimum atomic E-state index is -3.83. The van der Waals surface area contributed by atoms with E-state index in [9.17, 15) is 13.5 Å². The van der Waals surface area contributed by atoms with Gasteiger partial charge < -0.3 is 20.3 Å². The monoisotopic (exact) mass is 318 g/mol. The SMILES string of the molecule is CCCC(O)CNS(=O)(=O)c1cc(N)c(OC)cc1OC. The summed E-state index contributed by atoms with van der Waals surface area (Å²) in [6, 6.07) is 2.68. The quantitative estimate of drug-likeness (QED) is 0.609. The molecule has 0 radical (unpaired) electrons. The number of nitrogens with one attached hydrogen (secondary N) is 1. The van der Waals surface area contributed by atoms with E-state index in [2.05, 4.69) is 4.72 Å². The molecule has 0 aliphatic rings. The van der Waals surface area contributed by atoms with Crippen LogP contribution >= 0.6 is 0 Å². The van der Waals surface area contributed by atoms with Crippen molar-refractivity contribution in [1.82, 2.24) is 4.72 Å². The zero-order chi connectivity index (χ0) is 16.0. The molecule has 1 rings (SSSR count). The first kappa shape index (κ1) is 17.5. The predicted molar refractivity (Wildman–Crippen MR) is 80.1 cm³/mol. The zero-order valence-corrected chi connectivity index (χ0v) is 13.2. The molecule has 1 unspecified atom stereocenters. The van der Waals surface area contributed by atoms with Crippen molar-refractivity contribution in [3.63, 3.8) is 0 Å². The maximum atomic E-state index is 12.3. The van der Waals surface area contributed by atoms with E-state index >= 15 is 0 Å². The van der Waals surface area contributed by atoms with Crippen LogP contribution in [-0.4, -0.2) is 40.4 Å². The third-order valence-electron chi connectivity index (χ3n) is 2.94. The van der Waals surface area contributed by atoms with Crippen LogP contribution in [0.3, 0.4) is 0 Å². The molecule has 0 fully saturated rings. The van der Waals surface area contributed by atoms with E-state index < -0.39 is 16.1 Å². The summed E-state index contributed by atoms with van der Waals surface area (Å²) >= 11 is 0. The Kier molecular flexibility index (Phi) is 6.25. The molecule has 4 N–H and O–H groups in total. The molecule has 1 aromatic carbocycles. The van der Waals surface area contributed by atoms with Gasteiger partial charge in [0.2, 0.25) is 10.0 Å². The molecule has 120 valence electrons. The third kappa shape index (κ3) is 4.48. The van der Waals surface area contributed by atoms with Crippen LogP contribution in [0.2, 0.25) is 0 Å². The molecule has 21 heavy (non-hydrogen) atoms. The first-order chi connectivity index (χ1) is 9.85. The van der Waals surface area contributed by atoms with E-state index in [1.165, 1.54) is 26.4 Å². The Bertz CT molecular complexity index is 574. The summed E-state index contributed by atoms with van der Waals surface area (Å²) in [5.74, 6) is 0.454. The molecule has 0 spiro atoms. The summed E-state index contributed by atoms with van der Waals surface area (Å²) in [6.07, 6.45) is 0.554. The average molecular weight is 318 g/mol. The van der Waals surface area contributed by atoms with E-state index in [0.717, 1.165) is 6.42 Å². The lowest BCUT2D eigenvalue weighted by molar-refractivity contribution is 0.167. The summed E-state index contributed by atoms with van der Waals surface area (Å²) in [4.78, 5) is -0.0907. The Balaban J connectivity index is 3.05. The van der Waals surface area contributed by atoms with Gasteiger partial charge >= 0.3 is 0 Å². The number of hydrogen-bond donors (Lipinski definition) is 3. The van der Waals surface area contributed by atoms with Crippen molar-refractivity contribution in [1.29, 1.82) is 0 Å². The molecule has 0 heterocycles. The molecule has 0 aliphatic heterocycles. The van der Waals surface area contributed by atoms with Gasteiger partial charge in [0.05, 0.1) is 26.0 Å². The van der Waals surface area contributed by atoms with Crippen LogP contribution in [0.25, 0.3) is 0 Å². The van der Waals surface area contributed by atoms with E-state index in [0.29, 0.717) is 12.2 Å². The van der Waals surface area contributed by atoms with Gasteiger partial charge in [-0.3, -0.25) is 0 Å². The van der Waals surface area contributed by atoms with Crippen LogP contribution in [0.1, 0.15) is 19.8 Å². The fraction of sp³-hybridized carbons (Fsp3) is 0.538. The summed E-state index contributed by atoms with van der Waals surface area (Å²) in [5.41, 5.74) is 5.92. The highest BCUT2D eigenvalue weighted by molar-refractivity contribution is 7.89. The Morgan fingerprint density at radius 2 is 1.90 bits per heavy atom. The van der Waals surface area contributed by atoms with Gasteiger partial charge in [-0.1, -0.05) is 13.3 Å². The van der Waals surface area contributed by atoms with Crippen molar-refractivity contribution in [3.05, 3.63) is 12.1 Å². The minimum Gasteiger partial charge on any atom is -0.495 e. The number of rotatable bonds is 8. The lowest BCUT2D eigenvalue weighted by Gasteiger charge is -2.15. The number of aliphatic hydroxyl groups excluding tert-OH is 1. The van der Waals surface area contributed by atoms with Crippen LogP contribution < -0.4 is 19.9 Å². The Labute approximate surface area is 125 Å². The third-order valence-corrected chi connectivity index (χ3v) is 4.38. The second-order valence-corrected chi connectivity index (χ2v) is 6.27. The van der Waals surface area contributed by atoms with Crippen LogP contribution in [0.15, 0.2) is 17.0 Å². The highest BCUT2D eigenvalue weighted by atomic mass is 32.2. The van der Waals surface area contributed by atoms with Crippen molar-refractivity contribution in [2.45, 2.75) is 30.8 Å². The zero-order valence-electron chi connectivity index (χ0n) is 12.4. The summed E-state index contributed by atoms with van der Waals surface area (Å²) in [5, 5.41) is 9.62. The number of nitrogen functional groups attached to an aromatic ring is 1. The second kappa shape index (κ2) is 7.48. The average Bonchev–Trinajstić information content (AvgIpc) is 2.45. The Morgan fingerprint density at radius 3 is 2.43 bits per heavy atom. The topological polar surface area (TPSA) is 111 Å². The van der Waals surface area contributed by atoms with E-state index in [1.807, 2.05) is 6.92 Å². The van der Waals surface area contributed by atoms with Gasteiger partial charge in [0.25, 0.3) is 0 Å². The molecule has 1 aromatic rings. The normalized spacial score (nSPS) is 13.0. The van der Waals surface area contributed by atoms with Crippen LogP contribution in [-0.2, 0) is 10.0 Å². The lowest BCUT2D eigenvalue weighted by Crippen LogP contribution is -2.32. The molecule has 1 atom stereocenters. The van der Waals surface area contributed by atoms with Crippen molar-refractivity contribution < 1.29 is 23.0 Å². The van der Waals surface area contributed by atoms with Crippen LogP contribution in [0, 0.1) is 0 Å². The highest BCUT2D eigenvalue weighted by Crippen LogP contribution is 2.33. The molecular weight excluding hydrogens is 296 g/mol. The lowest BCUT2D eigenvalue weighted by atomic mass is 10.2. The highest BCUT2D eigenvalue weighted by Gasteiger charge is 2.22. The number of anilines is 1. The molecule has 0 saturated heterocycles. The summed E-state index contributed by atoms with van der Waals surface area (Å²) in [7, 11) is -1.05. The molecule has 0 aliphatic carbocycles. The molecule has 0 saturated carbocycles. The van der Waals surface area contributed by atoms with Gasteiger partial charge in [-0.05, 0) is 12.5 Å². The largest absolute Gasteiger partial charge is 0.495 e. The number of hydrogen-bond acceptors (Lipinski definition) is 6. The van der Waals surface area contributed by atoms with Gasteiger partial charge in [-0.15, -0.1) is 0 Å². The molecule has 0 bridgehead atoms. The molecule has 8 heteroatoms. The number of ether oxygens (including phenoxy) is 2. The van der Waals surface area contributed by atoms with Gasteiger partial charge in [-0.25, -0.2) is 13.1 Å². The van der Waals surface area contributed by atoms with Crippen molar-refractivity contribution in [2.24, 2.45) is 0 Å². The number of sulfonamides is 1. The van der Waals surface area contributed by atoms with Crippen molar-refractivity contribution in [2.75, 3.05) is 26.5 Å². The van der Waals surface area contributed by atoms with Crippen molar-refractivity contribution >= 4 is 15.7 Å². The standard InChI is InChI=1S/C13H22N2O5S/c1-4-5-9(16)8-15-21(17,18)13-6-10(14)11(19-2)7-12(13)20-3/h6-7,9,15-16H,4-5,8,14H2,1-3H3. The maximum absolute atomic E-state index is 12.3. The van der Waals surface area contributed by atoms with Gasteiger partial charge in [-0.2, -0.15) is 0 Å². The fourth-order valence-electron chi connectivity index (χ4n) is 1.82. The van der Waals surface area contributed by atoms with Gasteiger partial charge in [0.15, 0.2) is 0 Å². The number of methoxy groups -OCH3 is 2. The maximum Gasteiger partial charge on any atom is 0.244 e. The van der Waals surface area contributed by atoms with Crippen LogP contribution in [0.5, 0.6) is 11.5 Å². The number of nitrogens with two attached hydrogens (primary N) is 1. The van der Waals surface area contributed by atoms with E-state index in [4.69, 9.17) is 15.2 Å². The first-order valence-electron chi connectivity index (χ1n) is 6.55. The predicted octanol–water partition coefficient (Wildman–Crippen LogP) is 0.725. The first-order valence-corrected chi connectivity index (χ1v) is 8.03. The Hall–Kier alpha value is -1.51. The molecule has 0 aromatic heterocycles. The number of benzene rings is 1. The summed E-state index contributed by atoms with van der Waals surface area (Å²) in [6.45, 7) is 1.84. The second-order valence-electron chi connectivity index (χ2n) is 4.54. The molecular formula is C13H22N2O5S. The van der Waals surface area contributed by atoms with E-state index in [-0.39, 0.29) is 22.9 Å². The Morgan fingerprint density at radius 1 is 1.29 bits per heavy atom. The van der Waals surface area contributed by atoms with Crippen LogP contribution in [0.4, 0.5) is 5.69 Å². The smallest absolute Gasteiger partial charge is 0.244 e.